The first kappa shape index (κ1) is 25.2. The second-order valence-corrected chi connectivity index (χ2v) is 8.96. The minimum absolute atomic E-state index is 0.0892. The number of carbonyl (C=O) groups excluding carboxylic acids is 2. The molecule has 1 N–H and O–H groups in total. The van der Waals surface area contributed by atoms with Gasteiger partial charge in [-0.2, -0.15) is 0 Å². The number of para-hydroxylation sites is 2. The molecule has 1 heterocycles. The summed E-state index contributed by atoms with van der Waals surface area (Å²) >= 11 is 1.61. The predicted molar refractivity (Wildman–Crippen MR) is 127 cm³/mol. The smallest absolute Gasteiger partial charge is 0.326 e. The normalized spacial score (nSPS) is 12.1. The fraction of sp³-hybridized carbons (Fsp3) is 0.625. The fourth-order valence-electron chi connectivity index (χ4n) is 3.23. The van der Waals surface area contributed by atoms with Crippen LogP contribution in [0.3, 0.4) is 0 Å². The molecule has 0 bridgehead atoms. The van der Waals surface area contributed by atoms with Crippen LogP contribution in [-0.4, -0.2) is 39.8 Å². The lowest BCUT2D eigenvalue weighted by Gasteiger charge is -2.13. The molecule has 7 heteroatoms. The number of unbranched alkanes of at least 4 members (excludes halogenated alkanes) is 4. The minimum Gasteiger partial charge on any atom is -0.461 e. The van der Waals surface area contributed by atoms with Crippen molar-refractivity contribution in [2.45, 2.75) is 89.9 Å². The molecule has 31 heavy (non-hydrogen) atoms. The number of carbonyl (C=O) groups is 2. The molecule has 1 aromatic heterocycles. The minimum atomic E-state index is -0.245. The van der Waals surface area contributed by atoms with Crippen molar-refractivity contribution in [2.24, 2.45) is 0 Å². The number of hydrogen-bond donors (Lipinski definition) is 1. The highest BCUT2D eigenvalue weighted by Gasteiger charge is 2.16. The predicted octanol–water partition coefficient (Wildman–Crippen LogP) is 5.34. The molecule has 0 saturated heterocycles. The van der Waals surface area contributed by atoms with Gasteiger partial charge in [0.25, 0.3) is 0 Å². The third kappa shape index (κ3) is 8.93. The molecule has 0 saturated carbocycles. The van der Waals surface area contributed by atoms with E-state index < -0.39 is 0 Å². The molecule has 1 amide bonds. The first-order valence-electron chi connectivity index (χ1n) is 11.6. The Morgan fingerprint density at radius 2 is 1.90 bits per heavy atom. The van der Waals surface area contributed by atoms with Crippen molar-refractivity contribution in [3.8, 4) is 0 Å². The summed E-state index contributed by atoms with van der Waals surface area (Å²) in [5.41, 5.74) is 1.81. The van der Waals surface area contributed by atoms with Crippen LogP contribution in [0.2, 0.25) is 0 Å². The molecule has 2 aromatic rings. The largest absolute Gasteiger partial charge is 0.461 e. The van der Waals surface area contributed by atoms with Gasteiger partial charge in [0, 0.05) is 18.7 Å². The van der Waals surface area contributed by atoms with Gasteiger partial charge in [-0.3, -0.25) is 9.59 Å². The van der Waals surface area contributed by atoms with Crippen molar-refractivity contribution in [3.05, 3.63) is 24.3 Å². The van der Waals surface area contributed by atoms with Gasteiger partial charge in [-0.1, -0.05) is 63.4 Å². The molecule has 0 radical (unpaired) electrons. The average Bonchev–Trinajstić information content (AvgIpc) is 3.10. The number of ether oxygens (including phenoxy) is 1. The molecule has 0 aliphatic rings. The quantitative estimate of drug-likeness (QED) is 0.227. The van der Waals surface area contributed by atoms with Crippen LogP contribution in [0.25, 0.3) is 11.0 Å². The molecular formula is C24H37N3O3S. The van der Waals surface area contributed by atoms with Gasteiger partial charge in [0.1, 0.15) is 6.54 Å². The van der Waals surface area contributed by atoms with Gasteiger partial charge >= 0.3 is 5.97 Å². The van der Waals surface area contributed by atoms with E-state index in [4.69, 9.17) is 9.72 Å². The van der Waals surface area contributed by atoms with Gasteiger partial charge < -0.3 is 14.6 Å². The van der Waals surface area contributed by atoms with E-state index in [1.807, 2.05) is 42.7 Å². The van der Waals surface area contributed by atoms with Crippen LogP contribution in [0, 0.1) is 0 Å². The summed E-state index contributed by atoms with van der Waals surface area (Å²) in [7, 11) is 0. The fourth-order valence-corrected chi connectivity index (χ4v) is 4.18. The summed E-state index contributed by atoms with van der Waals surface area (Å²) in [5.74, 6) is 0.715. The van der Waals surface area contributed by atoms with Crippen LogP contribution < -0.4 is 5.32 Å². The van der Waals surface area contributed by atoms with E-state index in [0.717, 1.165) is 47.6 Å². The summed E-state index contributed by atoms with van der Waals surface area (Å²) in [6, 6.07) is 7.83. The Morgan fingerprint density at radius 1 is 1.13 bits per heavy atom. The van der Waals surface area contributed by atoms with Gasteiger partial charge in [-0.25, -0.2) is 4.98 Å². The SMILES string of the molecule is CCCCCCCC(=O)NCCCSc1nc2ccccc2n1CC(=O)OC(C)CC. The van der Waals surface area contributed by atoms with E-state index in [9.17, 15) is 9.59 Å². The summed E-state index contributed by atoms with van der Waals surface area (Å²) in [6.45, 7) is 6.91. The van der Waals surface area contributed by atoms with Gasteiger partial charge in [-0.15, -0.1) is 0 Å². The van der Waals surface area contributed by atoms with Crippen molar-refractivity contribution in [1.82, 2.24) is 14.9 Å². The van der Waals surface area contributed by atoms with Crippen molar-refractivity contribution in [3.63, 3.8) is 0 Å². The third-order valence-corrected chi connectivity index (χ3v) is 6.26. The van der Waals surface area contributed by atoms with Crippen LogP contribution in [0.15, 0.2) is 29.4 Å². The molecule has 0 fully saturated rings. The molecule has 0 spiro atoms. The van der Waals surface area contributed by atoms with Gasteiger partial charge in [-0.05, 0) is 38.3 Å². The van der Waals surface area contributed by atoms with Gasteiger partial charge in [0.2, 0.25) is 5.91 Å². The number of imidazole rings is 1. The molecule has 1 unspecified atom stereocenters. The number of fused-ring (bicyclic) bond motifs is 1. The van der Waals surface area contributed by atoms with Crippen molar-refractivity contribution >= 4 is 34.7 Å². The highest BCUT2D eigenvalue weighted by Crippen LogP contribution is 2.24. The first-order valence-corrected chi connectivity index (χ1v) is 12.6. The lowest BCUT2D eigenvalue weighted by Crippen LogP contribution is -2.24. The van der Waals surface area contributed by atoms with Crippen LogP contribution in [0.1, 0.15) is 72.1 Å². The van der Waals surface area contributed by atoms with Crippen LogP contribution in [-0.2, 0) is 20.9 Å². The molecule has 6 nitrogen and oxygen atoms in total. The Labute approximate surface area is 190 Å². The number of aromatic nitrogens is 2. The summed E-state index contributed by atoms with van der Waals surface area (Å²) in [4.78, 5) is 29.0. The lowest BCUT2D eigenvalue weighted by atomic mass is 10.1. The zero-order valence-corrected chi connectivity index (χ0v) is 20.0. The number of hydrogen-bond acceptors (Lipinski definition) is 5. The zero-order chi connectivity index (χ0) is 22.5. The number of nitrogens with one attached hydrogen (secondary N) is 1. The zero-order valence-electron chi connectivity index (χ0n) is 19.2. The van der Waals surface area contributed by atoms with E-state index >= 15 is 0 Å². The Balaban J connectivity index is 1.81. The molecular weight excluding hydrogens is 410 g/mol. The monoisotopic (exact) mass is 447 g/mol. The maximum Gasteiger partial charge on any atom is 0.326 e. The first-order chi connectivity index (χ1) is 15.0. The lowest BCUT2D eigenvalue weighted by molar-refractivity contribution is -0.149. The summed E-state index contributed by atoms with van der Waals surface area (Å²) in [6.07, 6.45) is 7.96. The number of esters is 1. The molecule has 172 valence electrons. The van der Waals surface area contributed by atoms with Gasteiger partial charge in [0.05, 0.1) is 17.1 Å². The number of amides is 1. The Morgan fingerprint density at radius 3 is 2.68 bits per heavy atom. The average molecular weight is 448 g/mol. The maximum absolute atomic E-state index is 12.3. The standard InChI is InChI=1S/C24H37N3O3S/c1-4-6-7-8-9-15-22(28)25-16-12-17-31-24-26-20-13-10-11-14-21(20)27(24)18-23(29)30-19(3)5-2/h10-11,13-14,19H,4-9,12,15-18H2,1-3H3,(H,25,28). The van der Waals surface area contributed by atoms with Crippen LogP contribution in [0.4, 0.5) is 0 Å². The summed E-state index contributed by atoms with van der Waals surface area (Å²) in [5, 5.41) is 3.82. The molecule has 2 rings (SSSR count). The van der Waals surface area contributed by atoms with Crippen LogP contribution in [0.5, 0.6) is 0 Å². The molecule has 0 aliphatic carbocycles. The van der Waals surface area contributed by atoms with Crippen molar-refractivity contribution in [1.29, 1.82) is 0 Å². The van der Waals surface area contributed by atoms with Crippen molar-refractivity contribution in [2.75, 3.05) is 12.3 Å². The number of benzene rings is 1. The number of thioether (sulfide) groups is 1. The van der Waals surface area contributed by atoms with E-state index in [0.29, 0.717) is 13.0 Å². The second kappa shape index (κ2) is 14.1. The Bertz CT molecular complexity index is 822. The molecule has 1 atom stereocenters. The van der Waals surface area contributed by atoms with E-state index in [2.05, 4.69) is 12.2 Å². The van der Waals surface area contributed by atoms with Crippen molar-refractivity contribution < 1.29 is 14.3 Å². The Kier molecular flexibility index (Phi) is 11.5. The van der Waals surface area contributed by atoms with E-state index in [1.165, 1.54) is 19.3 Å². The highest BCUT2D eigenvalue weighted by molar-refractivity contribution is 7.99. The van der Waals surface area contributed by atoms with E-state index in [-0.39, 0.29) is 24.5 Å². The Hall–Kier alpha value is -2.02. The number of nitrogens with zero attached hydrogens (tertiary/aromatic N) is 2. The summed E-state index contributed by atoms with van der Waals surface area (Å²) < 4.78 is 7.39. The number of rotatable bonds is 15. The molecule has 0 aliphatic heterocycles. The second-order valence-electron chi connectivity index (χ2n) is 7.89. The third-order valence-electron chi connectivity index (χ3n) is 5.20. The van der Waals surface area contributed by atoms with E-state index in [1.54, 1.807) is 11.8 Å². The topological polar surface area (TPSA) is 73.2 Å². The molecule has 1 aromatic carbocycles. The maximum atomic E-state index is 12.3. The van der Waals surface area contributed by atoms with Gasteiger partial charge in [0.15, 0.2) is 5.16 Å². The highest BCUT2D eigenvalue weighted by atomic mass is 32.2. The van der Waals surface area contributed by atoms with Crippen LogP contribution >= 0.6 is 11.8 Å².